The molecule has 0 atom stereocenters. The first-order valence-corrected chi connectivity index (χ1v) is 5.53. The zero-order chi connectivity index (χ0) is 9.15. The quantitative estimate of drug-likeness (QED) is 0.468. The van der Waals surface area contributed by atoms with Crippen molar-refractivity contribution in [2.75, 3.05) is 0 Å². The van der Waals surface area contributed by atoms with Crippen LogP contribution in [0.1, 0.15) is 51.4 Å². The molecule has 2 aliphatic rings. The largest absolute Gasteiger partial charge is 0.302 e. The molecule has 0 amide bonds. The molecule has 0 aromatic rings. The van der Waals surface area contributed by atoms with Gasteiger partial charge >= 0.3 is 0 Å². The van der Waals surface area contributed by atoms with Crippen molar-refractivity contribution in [2.24, 2.45) is 5.41 Å². The lowest BCUT2D eigenvalue weighted by molar-refractivity contribution is -0.115. The van der Waals surface area contributed by atoms with Crippen LogP contribution in [0.5, 0.6) is 0 Å². The highest BCUT2D eigenvalue weighted by Gasteiger charge is 2.35. The molecule has 2 rings (SSSR count). The smallest absolute Gasteiger partial charge is 0.130 e. The van der Waals surface area contributed by atoms with Crippen molar-refractivity contribution in [1.29, 1.82) is 0 Å². The Kier molecular flexibility index (Phi) is 2.52. The van der Waals surface area contributed by atoms with Crippen LogP contribution in [0.4, 0.5) is 0 Å². The van der Waals surface area contributed by atoms with Crippen LogP contribution in [0.2, 0.25) is 0 Å². The van der Waals surface area contributed by atoms with Gasteiger partial charge in [-0.1, -0.05) is 30.9 Å². The van der Waals surface area contributed by atoms with Gasteiger partial charge in [0.05, 0.1) is 0 Å². The highest BCUT2D eigenvalue weighted by atomic mass is 16.1. The van der Waals surface area contributed by atoms with Crippen LogP contribution in [0.25, 0.3) is 0 Å². The van der Waals surface area contributed by atoms with Gasteiger partial charge in [-0.2, -0.15) is 0 Å². The lowest BCUT2D eigenvalue weighted by Crippen LogP contribution is -2.27. The van der Waals surface area contributed by atoms with E-state index in [2.05, 4.69) is 6.08 Å². The Morgan fingerprint density at radius 3 is 2.46 bits per heavy atom. The number of carbonyl (C=O) groups is 1. The lowest BCUT2D eigenvalue weighted by Gasteiger charge is -2.33. The maximum atomic E-state index is 11.2. The number of rotatable bonds is 2. The van der Waals surface area contributed by atoms with Gasteiger partial charge in [0.1, 0.15) is 6.29 Å². The predicted molar refractivity (Wildman–Crippen MR) is 53.5 cm³/mol. The Labute approximate surface area is 80.2 Å². The van der Waals surface area contributed by atoms with Crippen LogP contribution in [0, 0.1) is 5.41 Å². The molecular weight excluding hydrogens is 160 g/mol. The number of hydrogen-bond acceptors (Lipinski definition) is 1. The Hall–Kier alpha value is -0.590. The average molecular weight is 178 g/mol. The van der Waals surface area contributed by atoms with Gasteiger partial charge in [-0.25, -0.2) is 0 Å². The minimum atomic E-state index is -0.0191. The molecular formula is C12H18O. The van der Waals surface area contributed by atoms with E-state index in [1.54, 1.807) is 0 Å². The van der Waals surface area contributed by atoms with Crippen LogP contribution >= 0.6 is 0 Å². The van der Waals surface area contributed by atoms with Crippen molar-refractivity contribution >= 4 is 6.29 Å². The molecule has 0 N–H and O–H groups in total. The van der Waals surface area contributed by atoms with Crippen molar-refractivity contribution in [3.63, 3.8) is 0 Å². The van der Waals surface area contributed by atoms with Gasteiger partial charge < -0.3 is 4.79 Å². The Balaban J connectivity index is 2.17. The van der Waals surface area contributed by atoms with Gasteiger partial charge in [-0.3, -0.25) is 0 Å². The molecule has 1 nitrogen and oxygen atoms in total. The van der Waals surface area contributed by atoms with Crippen molar-refractivity contribution in [1.82, 2.24) is 0 Å². The average Bonchev–Trinajstić information content (AvgIpc) is 2.72. The fourth-order valence-corrected chi connectivity index (χ4v) is 2.82. The predicted octanol–water partition coefficient (Wildman–Crippen LogP) is 3.25. The third kappa shape index (κ3) is 1.56. The second-order valence-electron chi connectivity index (χ2n) is 4.46. The first-order chi connectivity index (χ1) is 6.37. The molecule has 0 radical (unpaired) electrons. The summed E-state index contributed by atoms with van der Waals surface area (Å²) >= 11 is 0. The summed E-state index contributed by atoms with van der Waals surface area (Å²) in [5, 5.41) is 0. The molecule has 0 spiro atoms. The number of allylic oxidation sites excluding steroid dienone is 2. The van der Waals surface area contributed by atoms with Crippen molar-refractivity contribution in [2.45, 2.75) is 51.4 Å². The molecule has 0 aromatic heterocycles. The van der Waals surface area contributed by atoms with Gasteiger partial charge in [0.2, 0.25) is 0 Å². The maximum absolute atomic E-state index is 11.2. The number of hydrogen-bond donors (Lipinski definition) is 0. The van der Waals surface area contributed by atoms with Gasteiger partial charge in [0.25, 0.3) is 0 Å². The molecule has 1 heteroatoms. The van der Waals surface area contributed by atoms with E-state index >= 15 is 0 Å². The van der Waals surface area contributed by atoms with Crippen LogP contribution in [-0.2, 0) is 4.79 Å². The fraction of sp³-hybridized carbons (Fsp3) is 0.750. The van der Waals surface area contributed by atoms with Gasteiger partial charge in [0, 0.05) is 5.41 Å². The normalized spacial score (nSPS) is 26.9. The summed E-state index contributed by atoms with van der Waals surface area (Å²) in [6.45, 7) is 0. The topological polar surface area (TPSA) is 17.1 Å². The zero-order valence-electron chi connectivity index (χ0n) is 8.22. The summed E-state index contributed by atoms with van der Waals surface area (Å²) in [4.78, 5) is 11.2. The van der Waals surface area contributed by atoms with E-state index in [4.69, 9.17) is 0 Å². The molecule has 0 bridgehead atoms. The second-order valence-corrected chi connectivity index (χ2v) is 4.46. The van der Waals surface area contributed by atoms with E-state index in [0.29, 0.717) is 0 Å². The molecule has 0 heterocycles. The summed E-state index contributed by atoms with van der Waals surface area (Å²) in [5.74, 6) is 0. The highest BCUT2D eigenvalue weighted by molar-refractivity contribution is 5.65. The SMILES string of the molecule is O=CC1(C2=CCCC2)CCCCC1. The molecule has 0 aliphatic heterocycles. The van der Waals surface area contributed by atoms with Crippen LogP contribution < -0.4 is 0 Å². The fourth-order valence-electron chi connectivity index (χ4n) is 2.82. The van der Waals surface area contributed by atoms with Gasteiger partial charge in [0.15, 0.2) is 0 Å². The van der Waals surface area contributed by atoms with E-state index in [9.17, 15) is 4.79 Å². The van der Waals surface area contributed by atoms with E-state index < -0.39 is 0 Å². The minimum absolute atomic E-state index is 0.0191. The Morgan fingerprint density at radius 2 is 1.92 bits per heavy atom. The van der Waals surface area contributed by atoms with E-state index in [1.165, 1.54) is 50.4 Å². The van der Waals surface area contributed by atoms with Crippen molar-refractivity contribution in [3.05, 3.63) is 11.6 Å². The molecule has 0 unspecified atom stereocenters. The monoisotopic (exact) mass is 178 g/mol. The molecule has 1 saturated carbocycles. The molecule has 0 saturated heterocycles. The van der Waals surface area contributed by atoms with Crippen molar-refractivity contribution in [3.8, 4) is 0 Å². The molecule has 1 fully saturated rings. The third-order valence-electron chi connectivity index (χ3n) is 3.65. The molecule has 13 heavy (non-hydrogen) atoms. The molecule has 2 aliphatic carbocycles. The summed E-state index contributed by atoms with van der Waals surface area (Å²) in [6, 6.07) is 0. The van der Waals surface area contributed by atoms with E-state index in [-0.39, 0.29) is 5.41 Å². The summed E-state index contributed by atoms with van der Waals surface area (Å²) in [5.41, 5.74) is 1.44. The lowest BCUT2D eigenvalue weighted by atomic mass is 9.70. The Morgan fingerprint density at radius 1 is 1.15 bits per heavy atom. The zero-order valence-corrected chi connectivity index (χ0v) is 8.22. The number of aldehydes is 1. The van der Waals surface area contributed by atoms with Gasteiger partial charge in [-0.05, 0) is 32.1 Å². The number of carbonyl (C=O) groups excluding carboxylic acids is 1. The maximum Gasteiger partial charge on any atom is 0.130 e. The first kappa shape index (κ1) is 8.98. The summed E-state index contributed by atoms with van der Waals surface area (Å²) in [6.07, 6.45) is 13.2. The minimum Gasteiger partial charge on any atom is -0.302 e. The molecule has 0 aromatic carbocycles. The van der Waals surface area contributed by atoms with Crippen LogP contribution in [0.15, 0.2) is 11.6 Å². The van der Waals surface area contributed by atoms with Crippen molar-refractivity contribution < 1.29 is 4.79 Å². The van der Waals surface area contributed by atoms with E-state index in [1.807, 2.05) is 0 Å². The standard InChI is InChI=1S/C12H18O/c13-10-12(8-4-1-5-9-12)11-6-2-3-7-11/h6,10H,1-5,7-9H2. The summed E-state index contributed by atoms with van der Waals surface area (Å²) in [7, 11) is 0. The van der Waals surface area contributed by atoms with Crippen LogP contribution in [0.3, 0.4) is 0 Å². The third-order valence-corrected chi connectivity index (χ3v) is 3.65. The van der Waals surface area contributed by atoms with Crippen LogP contribution in [-0.4, -0.2) is 6.29 Å². The Bertz CT molecular complexity index is 221. The highest BCUT2D eigenvalue weighted by Crippen LogP contribution is 2.44. The molecule has 72 valence electrons. The first-order valence-electron chi connectivity index (χ1n) is 5.53. The van der Waals surface area contributed by atoms with E-state index in [0.717, 1.165) is 12.8 Å². The summed E-state index contributed by atoms with van der Waals surface area (Å²) < 4.78 is 0. The second kappa shape index (κ2) is 3.65. The van der Waals surface area contributed by atoms with Gasteiger partial charge in [-0.15, -0.1) is 0 Å².